The molecule has 1 aliphatic rings. The van der Waals surface area contributed by atoms with E-state index in [9.17, 15) is 10.2 Å². The van der Waals surface area contributed by atoms with Crippen molar-refractivity contribution < 1.29 is 10.2 Å². The summed E-state index contributed by atoms with van der Waals surface area (Å²) in [5, 5.41) is 18.6. The number of rotatable bonds is 0. The minimum atomic E-state index is -0.583. The van der Waals surface area contributed by atoms with Crippen molar-refractivity contribution in [2.24, 2.45) is 0 Å². The number of aliphatic hydroxyl groups excluding tert-OH is 2. The Morgan fingerprint density at radius 3 is 1.40 bits per heavy atom. The molecule has 1 rings (SSSR count). The summed E-state index contributed by atoms with van der Waals surface area (Å²) in [6.07, 6.45) is -1.17. The Labute approximate surface area is 61.3 Å². The standard InChI is InChI=1S/C7H15NO2/c1-4-6(9)7(10)5(2)8(4)3/h4-7,9-10H,1-3H3. The van der Waals surface area contributed by atoms with Crippen LogP contribution in [0.15, 0.2) is 0 Å². The van der Waals surface area contributed by atoms with E-state index in [1.165, 1.54) is 0 Å². The molecule has 60 valence electrons. The van der Waals surface area contributed by atoms with Gasteiger partial charge in [-0.2, -0.15) is 0 Å². The van der Waals surface area contributed by atoms with Crippen LogP contribution in [0.25, 0.3) is 0 Å². The fourth-order valence-electron chi connectivity index (χ4n) is 1.42. The van der Waals surface area contributed by atoms with Gasteiger partial charge in [0, 0.05) is 12.1 Å². The molecule has 0 bridgehead atoms. The molecule has 10 heavy (non-hydrogen) atoms. The van der Waals surface area contributed by atoms with Crippen molar-refractivity contribution in [3.63, 3.8) is 0 Å². The van der Waals surface area contributed by atoms with E-state index in [-0.39, 0.29) is 12.1 Å². The molecular weight excluding hydrogens is 130 g/mol. The van der Waals surface area contributed by atoms with Gasteiger partial charge in [-0.25, -0.2) is 0 Å². The zero-order valence-corrected chi connectivity index (χ0v) is 6.65. The Kier molecular flexibility index (Phi) is 1.99. The lowest BCUT2D eigenvalue weighted by molar-refractivity contribution is 0.0327. The summed E-state index contributed by atoms with van der Waals surface area (Å²) in [6, 6.07) is 0.148. The molecule has 0 radical (unpaired) electrons. The molecule has 1 fully saturated rings. The molecule has 0 aromatic carbocycles. The Balaban J connectivity index is 2.68. The monoisotopic (exact) mass is 145 g/mol. The number of likely N-dealkylation sites (tertiary alicyclic amines) is 1. The second kappa shape index (κ2) is 2.49. The fraction of sp³-hybridized carbons (Fsp3) is 1.00. The van der Waals surface area contributed by atoms with Crippen molar-refractivity contribution in [2.45, 2.75) is 38.1 Å². The lowest BCUT2D eigenvalue weighted by Gasteiger charge is -2.19. The van der Waals surface area contributed by atoms with Gasteiger partial charge < -0.3 is 10.2 Å². The van der Waals surface area contributed by atoms with Crippen LogP contribution in [0, 0.1) is 0 Å². The highest BCUT2D eigenvalue weighted by Gasteiger charge is 2.40. The van der Waals surface area contributed by atoms with E-state index in [0.717, 1.165) is 0 Å². The molecule has 0 amide bonds. The van der Waals surface area contributed by atoms with E-state index in [0.29, 0.717) is 0 Å². The molecule has 0 aromatic rings. The van der Waals surface area contributed by atoms with Crippen LogP contribution in [0.4, 0.5) is 0 Å². The Morgan fingerprint density at radius 1 is 1.00 bits per heavy atom. The first-order valence-corrected chi connectivity index (χ1v) is 3.63. The van der Waals surface area contributed by atoms with Gasteiger partial charge in [0.1, 0.15) is 0 Å². The maximum Gasteiger partial charge on any atom is 0.0966 e. The first kappa shape index (κ1) is 7.98. The lowest BCUT2D eigenvalue weighted by Crippen LogP contribution is -2.31. The van der Waals surface area contributed by atoms with Gasteiger partial charge in [0.05, 0.1) is 12.2 Å². The minimum absolute atomic E-state index is 0.0741. The highest BCUT2D eigenvalue weighted by Crippen LogP contribution is 2.22. The van der Waals surface area contributed by atoms with E-state index in [1.807, 2.05) is 25.8 Å². The number of hydrogen-bond donors (Lipinski definition) is 2. The van der Waals surface area contributed by atoms with E-state index >= 15 is 0 Å². The SMILES string of the molecule is CC1C(O)C(O)C(C)N1C. The van der Waals surface area contributed by atoms with Gasteiger partial charge in [-0.15, -0.1) is 0 Å². The van der Waals surface area contributed by atoms with Crippen molar-refractivity contribution in [2.75, 3.05) is 7.05 Å². The first-order valence-electron chi connectivity index (χ1n) is 3.63. The van der Waals surface area contributed by atoms with Crippen LogP contribution in [-0.2, 0) is 0 Å². The summed E-state index contributed by atoms with van der Waals surface area (Å²) < 4.78 is 0. The summed E-state index contributed by atoms with van der Waals surface area (Å²) >= 11 is 0. The number of aliphatic hydroxyl groups is 2. The summed E-state index contributed by atoms with van der Waals surface area (Å²) in [5.74, 6) is 0. The molecule has 4 atom stereocenters. The molecule has 0 aliphatic carbocycles. The quantitative estimate of drug-likeness (QED) is 0.480. The molecule has 4 unspecified atom stereocenters. The van der Waals surface area contributed by atoms with Crippen LogP contribution in [-0.4, -0.2) is 46.5 Å². The molecule has 0 saturated carbocycles. The second-order valence-corrected chi connectivity index (χ2v) is 3.13. The molecule has 3 heteroatoms. The van der Waals surface area contributed by atoms with Gasteiger partial charge in [-0.3, -0.25) is 4.90 Å². The summed E-state index contributed by atoms with van der Waals surface area (Å²) in [6.45, 7) is 3.83. The maximum atomic E-state index is 9.32. The van der Waals surface area contributed by atoms with Crippen LogP contribution >= 0.6 is 0 Å². The predicted octanol–water partition coefficient (Wildman–Crippen LogP) is -0.569. The minimum Gasteiger partial charge on any atom is -0.389 e. The average Bonchev–Trinajstić information content (AvgIpc) is 2.07. The third-order valence-corrected chi connectivity index (χ3v) is 2.62. The Morgan fingerprint density at radius 2 is 1.30 bits per heavy atom. The topological polar surface area (TPSA) is 43.7 Å². The molecule has 1 heterocycles. The van der Waals surface area contributed by atoms with Gasteiger partial charge in [0.2, 0.25) is 0 Å². The van der Waals surface area contributed by atoms with Gasteiger partial charge in [0.15, 0.2) is 0 Å². The van der Waals surface area contributed by atoms with Crippen molar-refractivity contribution >= 4 is 0 Å². The van der Waals surface area contributed by atoms with Crippen molar-refractivity contribution in [1.29, 1.82) is 0 Å². The Hall–Kier alpha value is -0.120. The fourth-order valence-corrected chi connectivity index (χ4v) is 1.42. The number of hydrogen-bond acceptors (Lipinski definition) is 3. The normalized spacial score (nSPS) is 50.1. The highest BCUT2D eigenvalue weighted by molar-refractivity contribution is 4.94. The van der Waals surface area contributed by atoms with E-state index in [4.69, 9.17) is 0 Å². The van der Waals surface area contributed by atoms with Gasteiger partial charge in [0.25, 0.3) is 0 Å². The molecule has 1 aliphatic heterocycles. The van der Waals surface area contributed by atoms with Crippen LogP contribution in [0.2, 0.25) is 0 Å². The van der Waals surface area contributed by atoms with Crippen LogP contribution in [0.1, 0.15) is 13.8 Å². The molecule has 1 saturated heterocycles. The summed E-state index contributed by atoms with van der Waals surface area (Å²) in [5.41, 5.74) is 0. The third kappa shape index (κ3) is 0.944. The summed E-state index contributed by atoms with van der Waals surface area (Å²) in [4.78, 5) is 1.98. The van der Waals surface area contributed by atoms with Crippen LogP contribution < -0.4 is 0 Å². The van der Waals surface area contributed by atoms with Gasteiger partial charge in [-0.1, -0.05) is 0 Å². The molecule has 0 spiro atoms. The van der Waals surface area contributed by atoms with Gasteiger partial charge in [-0.05, 0) is 20.9 Å². The van der Waals surface area contributed by atoms with E-state index in [1.54, 1.807) is 0 Å². The second-order valence-electron chi connectivity index (χ2n) is 3.13. The van der Waals surface area contributed by atoms with Crippen LogP contribution in [0.5, 0.6) is 0 Å². The largest absolute Gasteiger partial charge is 0.389 e. The average molecular weight is 145 g/mol. The van der Waals surface area contributed by atoms with Crippen LogP contribution in [0.3, 0.4) is 0 Å². The third-order valence-electron chi connectivity index (χ3n) is 2.62. The van der Waals surface area contributed by atoms with Gasteiger partial charge >= 0.3 is 0 Å². The molecule has 2 N–H and O–H groups in total. The van der Waals surface area contributed by atoms with Crippen molar-refractivity contribution in [3.05, 3.63) is 0 Å². The zero-order chi connectivity index (χ0) is 7.89. The number of nitrogens with zero attached hydrogens (tertiary/aromatic N) is 1. The predicted molar refractivity (Wildman–Crippen MR) is 38.7 cm³/mol. The summed E-state index contributed by atoms with van der Waals surface area (Å²) in [7, 11) is 1.91. The first-order chi connectivity index (χ1) is 4.55. The zero-order valence-electron chi connectivity index (χ0n) is 6.65. The molecular formula is C7H15NO2. The smallest absolute Gasteiger partial charge is 0.0966 e. The van der Waals surface area contributed by atoms with Crippen molar-refractivity contribution in [3.8, 4) is 0 Å². The molecule has 3 nitrogen and oxygen atoms in total. The highest BCUT2D eigenvalue weighted by atomic mass is 16.3. The lowest BCUT2D eigenvalue weighted by atomic mass is 10.1. The van der Waals surface area contributed by atoms with Crippen molar-refractivity contribution in [1.82, 2.24) is 4.90 Å². The Bertz CT molecular complexity index is 83.9. The maximum absolute atomic E-state index is 9.32. The van der Waals surface area contributed by atoms with E-state index in [2.05, 4.69) is 0 Å². The molecule has 0 aromatic heterocycles. The number of likely N-dealkylation sites (N-methyl/N-ethyl adjacent to an activating group) is 1. The van der Waals surface area contributed by atoms with E-state index < -0.39 is 12.2 Å².